The molecule has 1 fully saturated rings. The molecule has 2 aromatic rings. The topological polar surface area (TPSA) is 62.4 Å². The number of hydrogen-bond acceptors (Lipinski definition) is 5. The standard InChI is InChI=1S/C14H16BrN3O2/c15-12-4-2-1-3-11(12)14-17-16-13(20-14)9-18-7-5-10(19)6-8-18/h1-4,10,19H,5-9H2. The first-order valence-corrected chi connectivity index (χ1v) is 7.49. The van der Waals surface area contributed by atoms with Crippen molar-refractivity contribution in [2.24, 2.45) is 0 Å². The second-order valence-corrected chi connectivity index (χ2v) is 5.84. The van der Waals surface area contributed by atoms with E-state index in [0.29, 0.717) is 18.3 Å². The molecule has 1 aromatic carbocycles. The van der Waals surface area contributed by atoms with Crippen LogP contribution in [-0.4, -0.2) is 39.4 Å². The molecule has 1 aliphatic heterocycles. The number of piperidine rings is 1. The zero-order valence-electron chi connectivity index (χ0n) is 11.0. The Balaban J connectivity index is 1.70. The van der Waals surface area contributed by atoms with Crippen molar-refractivity contribution in [2.75, 3.05) is 13.1 Å². The van der Waals surface area contributed by atoms with E-state index in [9.17, 15) is 5.11 Å². The van der Waals surface area contributed by atoms with Crippen molar-refractivity contribution in [3.63, 3.8) is 0 Å². The number of nitrogens with zero attached hydrogens (tertiary/aromatic N) is 3. The Morgan fingerprint density at radius 1 is 1.25 bits per heavy atom. The number of hydrogen-bond donors (Lipinski definition) is 1. The number of aliphatic hydroxyl groups excluding tert-OH is 1. The summed E-state index contributed by atoms with van der Waals surface area (Å²) in [5, 5.41) is 17.7. The molecule has 0 unspecified atom stereocenters. The first-order valence-electron chi connectivity index (χ1n) is 6.70. The lowest BCUT2D eigenvalue weighted by molar-refractivity contribution is 0.0752. The van der Waals surface area contributed by atoms with Gasteiger partial charge in [-0.05, 0) is 40.9 Å². The lowest BCUT2D eigenvalue weighted by Gasteiger charge is -2.27. The lowest BCUT2D eigenvalue weighted by Crippen LogP contribution is -2.35. The highest BCUT2D eigenvalue weighted by atomic mass is 79.9. The SMILES string of the molecule is OC1CCN(Cc2nnc(-c3ccccc3Br)o2)CC1. The van der Waals surface area contributed by atoms with Gasteiger partial charge in [-0.1, -0.05) is 12.1 Å². The van der Waals surface area contributed by atoms with Crippen LogP contribution in [0.4, 0.5) is 0 Å². The average Bonchev–Trinajstić information content (AvgIpc) is 2.90. The third-order valence-corrected chi connectivity index (χ3v) is 4.18. The Hall–Kier alpha value is -1.24. The maximum absolute atomic E-state index is 9.49. The first-order chi connectivity index (χ1) is 9.72. The van der Waals surface area contributed by atoms with Gasteiger partial charge in [-0.15, -0.1) is 10.2 Å². The molecule has 0 atom stereocenters. The highest BCUT2D eigenvalue weighted by Gasteiger charge is 2.19. The maximum Gasteiger partial charge on any atom is 0.248 e. The van der Waals surface area contributed by atoms with Gasteiger partial charge in [-0.3, -0.25) is 4.90 Å². The number of aromatic nitrogens is 2. The first kappa shape index (κ1) is 13.7. The van der Waals surface area contributed by atoms with Crippen molar-refractivity contribution in [1.29, 1.82) is 0 Å². The zero-order chi connectivity index (χ0) is 13.9. The predicted octanol–water partition coefficient (Wildman–Crippen LogP) is 2.46. The van der Waals surface area contributed by atoms with Crippen LogP contribution in [0.1, 0.15) is 18.7 Å². The van der Waals surface area contributed by atoms with E-state index in [1.165, 1.54) is 0 Å². The molecule has 2 heterocycles. The fraction of sp³-hybridized carbons (Fsp3) is 0.429. The minimum Gasteiger partial charge on any atom is -0.419 e. The molecule has 0 saturated carbocycles. The van der Waals surface area contributed by atoms with Gasteiger partial charge in [-0.25, -0.2) is 0 Å². The van der Waals surface area contributed by atoms with Crippen LogP contribution >= 0.6 is 15.9 Å². The molecular weight excluding hydrogens is 322 g/mol. The van der Waals surface area contributed by atoms with Crippen LogP contribution < -0.4 is 0 Å². The van der Waals surface area contributed by atoms with E-state index >= 15 is 0 Å². The number of likely N-dealkylation sites (tertiary alicyclic amines) is 1. The molecule has 1 saturated heterocycles. The predicted molar refractivity (Wildman–Crippen MR) is 78.0 cm³/mol. The third-order valence-electron chi connectivity index (χ3n) is 3.49. The molecule has 0 amide bonds. The van der Waals surface area contributed by atoms with Crippen LogP contribution in [0.2, 0.25) is 0 Å². The lowest BCUT2D eigenvalue weighted by atomic mass is 10.1. The Bertz CT molecular complexity index is 579. The van der Waals surface area contributed by atoms with E-state index in [1.54, 1.807) is 0 Å². The molecule has 1 aliphatic rings. The summed E-state index contributed by atoms with van der Waals surface area (Å²) in [6.07, 6.45) is 1.46. The summed E-state index contributed by atoms with van der Waals surface area (Å²) in [5.74, 6) is 1.15. The molecule has 1 N–H and O–H groups in total. The smallest absolute Gasteiger partial charge is 0.248 e. The van der Waals surface area contributed by atoms with E-state index in [-0.39, 0.29) is 6.10 Å². The molecular formula is C14H16BrN3O2. The van der Waals surface area contributed by atoms with Crippen LogP contribution in [0, 0.1) is 0 Å². The van der Waals surface area contributed by atoms with Gasteiger partial charge >= 0.3 is 0 Å². The molecule has 6 heteroatoms. The second kappa shape index (κ2) is 6.03. The largest absolute Gasteiger partial charge is 0.419 e. The minimum absolute atomic E-state index is 0.162. The van der Waals surface area contributed by atoms with Gasteiger partial charge in [0.05, 0.1) is 18.2 Å². The van der Waals surface area contributed by atoms with E-state index in [0.717, 1.165) is 36.0 Å². The molecule has 0 bridgehead atoms. The molecule has 0 aliphatic carbocycles. The van der Waals surface area contributed by atoms with Crippen molar-refractivity contribution >= 4 is 15.9 Å². The van der Waals surface area contributed by atoms with Gasteiger partial charge in [-0.2, -0.15) is 0 Å². The Morgan fingerprint density at radius 3 is 2.75 bits per heavy atom. The van der Waals surface area contributed by atoms with Gasteiger partial charge in [0, 0.05) is 17.6 Å². The molecule has 20 heavy (non-hydrogen) atoms. The van der Waals surface area contributed by atoms with Crippen LogP contribution in [0.5, 0.6) is 0 Å². The highest BCUT2D eigenvalue weighted by molar-refractivity contribution is 9.10. The number of aliphatic hydroxyl groups is 1. The third kappa shape index (κ3) is 3.08. The van der Waals surface area contributed by atoms with Crippen LogP contribution in [0.25, 0.3) is 11.5 Å². The van der Waals surface area contributed by atoms with Crippen LogP contribution in [-0.2, 0) is 6.54 Å². The summed E-state index contributed by atoms with van der Waals surface area (Å²) >= 11 is 3.48. The van der Waals surface area contributed by atoms with Gasteiger partial charge in [0.1, 0.15) is 0 Å². The van der Waals surface area contributed by atoms with Gasteiger partial charge < -0.3 is 9.52 Å². The number of halogens is 1. The fourth-order valence-electron chi connectivity index (χ4n) is 2.33. The molecule has 1 aromatic heterocycles. The Morgan fingerprint density at radius 2 is 2.00 bits per heavy atom. The quantitative estimate of drug-likeness (QED) is 0.932. The molecule has 106 valence electrons. The number of rotatable bonds is 3. The maximum atomic E-state index is 9.49. The van der Waals surface area contributed by atoms with Crippen molar-refractivity contribution < 1.29 is 9.52 Å². The van der Waals surface area contributed by atoms with Gasteiger partial charge in [0.15, 0.2) is 0 Å². The summed E-state index contributed by atoms with van der Waals surface area (Å²) < 4.78 is 6.66. The molecule has 0 spiro atoms. The highest BCUT2D eigenvalue weighted by Crippen LogP contribution is 2.27. The number of benzene rings is 1. The summed E-state index contributed by atoms with van der Waals surface area (Å²) in [4.78, 5) is 2.23. The van der Waals surface area contributed by atoms with E-state index in [4.69, 9.17) is 4.42 Å². The summed E-state index contributed by atoms with van der Waals surface area (Å²) in [7, 11) is 0. The Labute approximate surface area is 125 Å². The normalized spacial score (nSPS) is 17.5. The van der Waals surface area contributed by atoms with Gasteiger partial charge in [0.25, 0.3) is 0 Å². The monoisotopic (exact) mass is 337 g/mol. The summed E-state index contributed by atoms with van der Waals surface area (Å²) in [6, 6.07) is 7.78. The molecule has 3 rings (SSSR count). The van der Waals surface area contributed by atoms with Crippen molar-refractivity contribution in [3.05, 3.63) is 34.6 Å². The fourth-order valence-corrected chi connectivity index (χ4v) is 2.78. The van der Waals surface area contributed by atoms with Crippen LogP contribution in [0.3, 0.4) is 0 Å². The van der Waals surface area contributed by atoms with Crippen molar-refractivity contribution in [1.82, 2.24) is 15.1 Å². The van der Waals surface area contributed by atoms with E-state index < -0.39 is 0 Å². The summed E-state index contributed by atoms with van der Waals surface area (Å²) in [5.41, 5.74) is 0.903. The second-order valence-electron chi connectivity index (χ2n) is 4.99. The van der Waals surface area contributed by atoms with E-state index in [2.05, 4.69) is 31.0 Å². The molecule has 0 radical (unpaired) electrons. The van der Waals surface area contributed by atoms with Crippen molar-refractivity contribution in [2.45, 2.75) is 25.5 Å². The summed E-state index contributed by atoms with van der Waals surface area (Å²) in [6.45, 7) is 2.38. The van der Waals surface area contributed by atoms with Crippen LogP contribution in [0.15, 0.2) is 33.2 Å². The van der Waals surface area contributed by atoms with Gasteiger partial charge in [0.2, 0.25) is 11.8 Å². The zero-order valence-corrected chi connectivity index (χ0v) is 12.6. The minimum atomic E-state index is -0.162. The molecule has 5 nitrogen and oxygen atoms in total. The Kier molecular flexibility index (Phi) is 4.14. The van der Waals surface area contributed by atoms with Crippen molar-refractivity contribution in [3.8, 4) is 11.5 Å². The average molecular weight is 338 g/mol. The van der Waals surface area contributed by atoms with E-state index in [1.807, 2.05) is 24.3 Å².